The molecule has 2 atom stereocenters. The van der Waals surface area contributed by atoms with Crippen molar-refractivity contribution in [1.29, 1.82) is 0 Å². The quantitative estimate of drug-likeness (QED) is 0.826. The summed E-state index contributed by atoms with van der Waals surface area (Å²) in [5.74, 6) is 0.142. The molecule has 0 fully saturated rings. The predicted octanol–water partition coefficient (Wildman–Crippen LogP) is 3.67. The summed E-state index contributed by atoms with van der Waals surface area (Å²) < 4.78 is 19.6. The Bertz CT molecular complexity index is 398. The van der Waals surface area contributed by atoms with E-state index in [1.165, 1.54) is 6.07 Å². The third-order valence-corrected chi connectivity index (χ3v) is 3.47. The Labute approximate surface area is 120 Å². The van der Waals surface area contributed by atoms with Gasteiger partial charge in [-0.3, -0.25) is 0 Å². The van der Waals surface area contributed by atoms with Gasteiger partial charge in [0, 0.05) is 17.7 Å². The summed E-state index contributed by atoms with van der Waals surface area (Å²) in [6.45, 7) is 6.85. The fourth-order valence-corrected chi connectivity index (χ4v) is 2.48. The fourth-order valence-electron chi connectivity index (χ4n) is 2.28. The summed E-state index contributed by atoms with van der Waals surface area (Å²) in [6.07, 6.45) is 0.611. The highest BCUT2D eigenvalue weighted by Crippen LogP contribution is 2.20. The maximum absolute atomic E-state index is 13.8. The van der Waals surface area contributed by atoms with Crippen LogP contribution < -0.4 is 5.32 Å². The second-order valence-corrected chi connectivity index (χ2v) is 5.44. The SMILES string of the molecule is CCOC(C(C)C)C(Cc1cc(Cl)ccc1F)NC. The summed E-state index contributed by atoms with van der Waals surface area (Å²) in [6, 6.07) is 4.73. The third kappa shape index (κ3) is 4.75. The van der Waals surface area contributed by atoms with Crippen LogP contribution in [0, 0.1) is 11.7 Å². The van der Waals surface area contributed by atoms with E-state index in [1.54, 1.807) is 12.1 Å². The van der Waals surface area contributed by atoms with Gasteiger partial charge in [0.15, 0.2) is 0 Å². The summed E-state index contributed by atoms with van der Waals surface area (Å²) in [5, 5.41) is 3.79. The number of hydrogen-bond acceptors (Lipinski definition) is 2. The van der Waals surface area contributed by atoms with Crippen molar-refractivity contribution < 1.29 is 9.13 Å². The van der Waals surface area contributed by atoms with Crippen molar-refractivity contribution >= 4 is 11.6 Å². The van der Waals surface area contributed by atoms with Crippen LogP contribution >= 0.6 is 11.6 Å². The molecule has 2 nitrogen and oxygen atoms in total. The molecule has 2 unspecified atom stereocenters. The van der Waals surface area contributed by atoms with Gasteiger partial charge < -0.3 is 10.1 Å². The molecule has 4 heteroatoms. The van der Waals surface area contributed by atoms with Crippen molar-refractivity contribution in [3.63, 3.8) is 0 Å². The smallest absolute Gasteiger partial charge is 0.126 e. The first-order chi connectivity index (χ1) is 8.99. The topological polar surface area (TPSA) is 21.3 Å². The zero-order valence-electron chi connectivity index (χ0n) is 12.0. The van der Waals surface area contributed by atoms with Crippen LogP contribution in [0.15, 0.2) is 18.2 Å². The van der Waals surface area contributed by atoms with E-state index in [1.807, 2.05) is 14.0 Å². The average Bonchev–Trinajstić information content (AvgIpc) is 2.37. The molecule has 0 aliphatic rings. The molecule has 0 aromatic heterocycles. The van der Waals surface area contributed by atoms with E-state index in [2.05, 4.69) is 19.2 Å². The normalized spacial score (nSPS) is 14.7. The van der Waals surface area contributed by atoms with Crippen molar-refractivity contribution in [2.24, 2.45) is 5.92 Å². The lowest BCUT2D eigenvalue weighted by Gasteiger charge is -2.30. The van der Waals surface area contributed by atoms with Gasteiger partial charge in [-0.05, 0) is 50.1 Å². The first-order valence-corrected chi connectivity index (χ1v) is 7.10. The summed E-state index contributed by atoms with van der Waals surface area (Å²) >= 11 is 5.93. The summed E-state index contributed by atoms with van der Waals surface area (Å²) in [4.78, 5) is 0. The van der Waals surface area contributed by atoms with E-state index in [-0.39, 0.29) is 18.0 Å². The van der Waals surface area contributed by atoms with Gasteiger partial charge in [-0.2, -0.15) is 0 Å². The van der Waals surface area contributed by atoms with Gasteiger partial charge >= 0.3 is 0 Å². The largest absolute Gasteiger partial charge is 0.377 e. The van der Waals surface area contributed by atoms with Gasteiger partial charge in [0.05, 0.1) is 6.10 Å². The molecule has 0 saturated carbocycles. The molecule has 0 heterocycles. The molecule has 0 bridgehead atoms. The van der Waals surface area contributed by atoms with E-state index in [0.717, 1.165) is 0 Å². The average molecular weight is 288 g/mol. The zero-order chi connectivity index (χ0) is 14.4. The van der Waals surface area contributed by atoms with Gasteiger partial charge in [-0.1, -0.05) is 25.4 Å². The van der Waals surface area contributed by atoms with Crippen LogP contribution in [0.5, 0.6) is 0 Å². The first-order valence-electron chi connectivity index (χ1n) is 6.72. The first kappa shape index (κ1) is 16.4. The van der Waals surface area contributed by atoms with Crippen molar-refractivity contribution in [1.82, 2.24) is 5.32 Å². The Morgan fingerprint density at radius 3 is 2.58 bits per heavy atom. The van der Waals surface area contributed by atoms with Crippen LogP contribution in [-0.2, 0) is 11.2 Å². The van der Waals surface area contributed by atoms with Crippen LogP contribution in [0.1, 0.15) is 26.3 Å². The van der Waals surface area contributed by atoms with Gasteiger partial charge in [0.2, 0.25) is 0 Å². The molecule has 0 aliphatic heterocycles. The second kappa shape index (κ2) is 7.83. The number of nitrogens with one attached hydrogen (secondary N) is 1. The molecule has 1 aromatic rings. The number of benzene rings is 1. The van der Waals surface area contributed by atoms with Gasteiger partial charge in [-0.15, -0.1) is 0 Å². The molecule has 0 aliphatic carbocycles. The lowest BCUT2D eigenvalue weighted by Crippen LogP contribution is -2.44. The Morgan fingerprint density at radius 2 is 2.05 bits per heavy atom. The molecular formula is C15H23ClFNO. The van der Waals surface area contributed by atoms with E-state index in [4.69, 9.17) is 16.3 Å². The van der Waals surface area contributed by atoms with Crippen LogP contribution in [0.4, 0.5) is 4.39 Å². The lowest BCUT2D eigenvalue weighted by atomic mass is 9.93. The maximum atomic E-state index is 13.8. The van der Waals surface area contributed by atoms with Crippen LogP contribution in [0.3, 0.4) is 0 Å². The number of halogens is 2. The van der Waals surface area contributed by atoms with Crippen molar-refractivity contribution in [3.05, 3.63) is 34.6 Å². The number of ether oxygens (including phenoxy) is 1. The Balaban J connectivity index is 2.88. The van der Waals surface area contributed by atoms with Crippen molar-refractivity contribution in [2.45, 2.75) is 39.3 Å². The highest BCUT2D eigenvalue weighted by Gasteiger charge is 2.24. The highest BCUT2D eigenvalue weighted by atomic mass is 35.5. The number of hydrogen-bond donors (Lipinski definition) is 1. The molecule has 0 spiro atoms. The molecule has 1 N–H and O–H groups in total. The molecule has 19 heavy (non-hydrogen) atoms. The predicted molar refractivity (Wildman–Crippen MR) is 78.2 cm³/mol. The monoisotopic (exact) mass is 287 g/mol. The molecule has 1 aromatic carbocycles. The second-order valence-electron chi connectivity index (χ2n) is 5.00. The minimum atomic E-state index is -0.219. The Kier molecular flexibility index (Phi) is 6.76. The van der Waals surface area contributed by atoms with Crippen molar-refractivity contribution in [3.8, 4) is 0 Å². The number of likely N-dealkylation sites (N-methyl/N-ethyl adjacent to an activating group) is 1. The molecule has 0 saturated heterocycles. The Morgan fingerprint density at radius 1 is 1.37 bits per heavy atom. The van der Waals surface area contributed by atoms with Crippen molar-refractivity contribution in [2.75, 3.05) is 13.7 Å². The van der Waals surface area contributed by atoms with E-state index in [9.17, 15) is 4.39 Å². The molecule has 0 radical (unpaired) electrons. The maximum Gasteiger partial charge on any atom is 0.126 e. The standard InChI is InChI=1S/C15H23ClFNO/c1-5-19-15(10(2)3)14(18-4)9-11-8-12(16)6-7-13(11)17/h6-8,10,14-15,18H,5,9H2,1-4H3. The van der Waals surface area contributed by atoms with E-state index in [0.29, 0.717) is 29.5 Å². The lowest BCUT2D eigenvalue weighted by molar-refractivity contribution is 0.00519. The highest BCUT2D eigenvalue weighted by molar-refractivity contribution is 6.30. The summed E-state index contributed by atoms with van der Waals surface area (Å²) in [5.41, 5.74) is 0.622. The zero-order valence-corrected chi connectivity index (χ0v) is 12.8. The van der Waals surface area contributed by atoms with Gasteiger partial charge in [0.1, 0.15) is 5.82 Å². The van der Waals surface area contributed by atoms with Gasteiger partial charge in [-0.25, -0.2) is 4.39 Å². The number of rotatable bonds is 7. The minimum absolute atomic E-state index is 0.0494. The van der Waals surface area contributed by atoms with Gasteiger partial charge in [0.25, 0.3) is 0 Å². The third-order valence-electron chi connectivity index (χ3n) is 3.23. The molecule has 0 amide bonds. The summed E-state index contributed by atoms with van der Waals surface area (Å²) in [7, 11) is 1.88. The molecular weight excluding hydrogens is 265 g/mol. The van der Waals surface area contributed by atoms with Crippen LogP contribution in [0.25, 0.3) is 0 Å². The van der Waals surface area contributed by atoms with Crippen LogP contribution in [-0.4, -0.2) is 25.8 Å². The van der Waals surface area contributed by atoms with E-state index < -0.39 is 0 Å². The Hall–Kier alpha value is -0.640. The molecule has 108 valence electrons. The molecule has 1 rings (SSSR count). The minimum Gasteiger partial charge on any atom is -0.377 e. The van der Waals surface area contributed by atoms with Crippen LogP contribution in [0.2, 0.25) is 5.02 Å². The van der Waals surface area contributed by atoms with E-state index >= 15 is 0 Å². The fraction of sp³-hybridized carbons (Fsp3) is 0.600.